The summed E-state index contributed by atoms with van der Waals surface area (Å²) in [6, 6.07) is 64.7. The monoisotopic (exact) mass is 627 g/mol. The Hall–Kier alpha value is -5.96. The van der Waals surface area contributed by atoms with Crippen molar-refractivity contribution in [2.24, 2.45) is 0 Å². The molecule has 0 aliphatic heterocycles. The molecule has 0 aliphatic rings. The van der Waals surface area contributed by atoms with E-state index in [9.17, 15) is 0 Å². The van der Waals surface area contributed by atoms with Gasteiger partial charge in [-0.25, -0.2) is 0 Å². The van der Waals surface area contributed by atoms with Gasteiger partial charge in [-0.05, 0) is 97.4 Å². The van der Waals surface area contributed by atoms with Crippen LogP contribution in [-0.4, -0.2) is 0 Å². The Labute approximate surface area is 282 Å². The molecule has 0 radical (unpaired) electrons. The summed E-state index contributed by atoms with van der Waals surface area (Å²) in [5.41, 5.74) is 5.85. The molecule has 48 heavy (non-hydrogen) atoms. The maximum atomic E-state index is 2.48. The van der Waals surface area contributed by atoms with Crippen LogP contribution in [0.5, 0.6) is 0 Å². The van der Waals surface area contributed by atoms with Gasteiger partial charge in [-0.2, -0.15) is 0 Å². The normalized spacial score (nSPS) is 11.8. The van der Waals surface area contributed by atoms with Crippen molar-refractivity contribution in [2.45, 2.75) is 0 Å². The number of anilines is 3. The smallest absolute Gasteiger partial charge is 0.0552 e. The van der Waals surface area contributed by atoms with E-state index in [0.29, 0.717) is 0 Å². The molecule has 9 aromatic carbocycles. The highest BCUT2D eigenvalue weighted by atomic mass is 32.1. The van der Waals surface area contributed by atoms with Gasteiger partial charge in [0.15, 0.2) is 0 Å². The van der Waals surface area contributed by atoms with E-state index in [4.69, 9.17) is 0 Å². The number of hydrogen-bond acceptors (Lipinski definition) is 2. The average Bonchev–Trinajstić information content (AvgIpc) is 3.51. The van der Waals surface area contributed by atoms with Crippen molar-refractivity contribution in [3.05, 3.63) is 176 Å². The van der Waals surface area contributed by atoms with Gasteiger partial charge < -0.3 is 4.90 Å². The number of hydrogen-bond donors (Lipinski definition) is 0. The van der Waals surface area contributed by atoms with Crippen LogP contribution in [0.25, 0.3) is 74.4 Å². The number of thiophene rings is 1. The second kappa shape index (κ2) is 10.8. The highest BCUT2D eigenvalue weighted by Gasteiger charge is 2.21. The van der Waals surface area contributed by atoms with Gasteiger partial charge in [-0.15, -0.1) is 11.3 Å². The first-order valence-corrected chi connectivity index (χ1v) is 17.2. The van der Waals surface area contributed by atoms with E-state index in [1.54, 1.807) is 0 Å². The highest BCUT2D eigenvalue weighted by molar-refractivity contribution is 7.25. The molecule has 0 saturated carbocycles. The molecule has 0 saturated heterocycles. The van der Waals surface area contributed by atoms with Crippen molar-refractivity contribution in [1.29, 1.82) is 0 Å². The van der Waals surface area contributed by atoms with Gasteiger partial charge in [0, 0.05) is 36.9 Å². The van der Waals surface area contributed by atoms with E-state index >= 15 is 0 Å². The molecular formula is C46H29NS. The van der Waals surface area contributed by atoms with Crippen molar-refractivity contribution in [2.75, 3.05) is 4.90 Å². The summed E-state index contributed by atoms with van der Waals surface area (Å²) >= 11 is 1.88. The number of benzene rings is 9. The second-order valence-electron chi connectivity index (χ2n) is 12.6. The van der Waals surface area contributed by atoms with Crippen molar-refractivity contribution in [3.63, 3.8) is 0 Å². The average molecular weight is 628 g/mol. The fourth-order valence-corrected chi connectivity index (χ4v) is 8.62. The van der Waals surface area contributed by atoms with Crippen LogP contribution >= 0.6 is 11.3 Å². The molecule has 1 aromatic heterocycles. The van der Waals surface area contributed by atoms with E-state index in [2.05, 4.69) is 181 Å². The van der Waals surface area contributed by atoms with Crippen LogP contribution in [0.1, 0.15) is 0 Å². The zero-order valence-electron chi connectivity index (χ0n) is 26.1. The molecule has 0 bridgehead atoms. The lowest BCUT2D eigenvalue weighted by molar-refractivity contribution is 1.31. The molecule has 1 heterocycles. The van der Waals surface area contributed by atoms with Crippen molar-refractivity contribution < 1.29 is 0 Å². The molecule has 0 fully saturated rings. The quantitative estimate of drug-likeness (QED) is 0.176. The van der Waals surface area contributed by atoms with Gasteiger partial charge in [-0.1, -0.05) is 127 Å². The van der Waals surface area contributed by atoms with Gasteiger partial charge in [0.1, 0.15) is 0 Å². The summed E-state index contributed by atoms with van der Waals surface area (Å²) in [6.45, 7) is 0. The minimum absolute atomic E-state index is 1.13. The fourth-order valence-electron chi connectivity index (χ4n) is 7.51. The maximum Gasteiger partial charge on any atom is 0.0552 e. The molecular weight excluding hydrogens is 599 g/mol. The standard InChI is InChI=1S/C46H29NS/c1-2-11-30(12-3-1)32-17-10-18-36(25-32)47(37-22-24-44-42(29-37)41-26-33-14-4-5-15-34(33)28-45(41)48-44)43-27-35-16-7-8-19-38(35)40-23-21-31-13-6-9-20-39(31)46(40)43/h1-29H. The minimum atomic E-state index is 1.13. The van der Waals surface area contributed by atoms with Crippen LogP contribution in [0.2, 0.25) is 0 Å². The first-order valence-electron chi connectivity index (χ1n) is 16.4. The molecule has 10 rings (SSSR count). The summed E-state index contributed by atoms with van der Waals surface area (Å²) in [5, 5.41) is 12.7. The Morgan fingerprint density at radius 1 is 0.333 bits per heavy atom. The predicted octanol–water partition coefficient (Wildman–Crippen LogP) is 13.8. The van der Waals surface area contributed by atoms with Crippen LogP contribution in [0.3, 0.4) is 0 Å². The Morgan fingerprint density at radius 3 is 1.85 bits per heavy atom. The topological polar surface area (TPSA) is 3.24 Å². The molecule has 10 aromatic rings. The first kappa shape index (κ1) is 27.2. The third kappa shape index (κ3) is 4.31. The summed E-state index contributed by atoms with van der Waals surface area (Å²) < 4.78 is 2.62. The third-order valence-electron chi connectivity index (χ3n) is 9.76. The molecule has 0 amide bonds. The molecule has 0 spiro atoms. The van der Waals surface area contributed by atoms with Gasteiger partial charge in [0.25, 0.3) is 0 Å². The molecule has 0 unspecified atom stereocenters. The van der Waals surface area contributed by atoms with E-state index in [0.717, 1.165) is 11.4 Å². The third-order valence-corrected chi connectivity index (χ3v) is 10.9. The van der Waals surface area contributed by atoms with Crippen molar-refractivity contribution in [1.82, 2.24) is 0 Å². The lowest BCUT2D eigenvalue weighted by atomic mass is 9.94. The lowest BCUT2D eigenvalue weighted by Gasteiger charge is -2.28. The predicted molar refractivity (Wildman–Crippen MR) is 209 cm³/mol. The van der Waals surface area contributed by atoms with Crippen molar-refractivity contribution >= 4 is 91.7 Å². The summed E-state index contributed by atoms with van der Waals surface area (Å²) in [6.07, 6.45) is 0. The van der Waals surface area contributed by atoms with Crippen LogP contribution < -0.4 is 4.90 Å². The summed E-state index contributed by atoms with van der Waals surface area (Å²) in [5.74, 6) is 0. The minimum Gasteiger partial charge on any atom is -0.310 e. The highest BCUT2D eigenvalue weighted by Crippen LogP contribution is 2.47. The van der Waals surface area contributed by atoms with Crippen LogP contribution in [0.15, 0.2) is 176 Å². The van der Waals surface area contributed by atoms with Crippen LogP contribution in [0.4, 0.5) is 17.1 Å². The van der Waals surface area contributed by atoms with E-state index in [-0.39, 0.29) is 0 Å². The Balaban J connectivity index is 1.31. The van der Waals surface area contributed by atoms with Gasteiger partial charge in [0.05, 0.1) is 5.69 Å². The molecule has 2 heteroatoms. The van der Waals surface area contributed by atoms with Crippen LogP contribution in [-0.2, 0) is 0 Å². The van der Waals surface area contributed by atoms with Gasteiger partial charge in [0.2, 0.25) is 0 Å². The number of fused-ring (bicyclic) bond motifs is 9. The molecule has 0 aliphatic carbocycles. The Kier molecular flexibility index (Phi) is 6.12. The fraction of sp³-hybridized carbons (Fsp3) is 0. The van der Waals surface area contributed by atoms with Gasteiger partial charge >= 0.3 is 0 Å². The summed E-state index contributed by atoms with van der Waals surface area (Å²) in [4.78, 5) is 2.48. The Bertz CT molecular complexity index is 2850. The largest absolute Gasteiger partial charge is 0.310 e. The number of nitrogens with zero attached hydrogens (tertiary/aromatic N) is 1. The first-order chi connectivity index (χ1) is 23.8. The lowest BCUT2D eigenvalue weighted by Crippen LogP contribution is -2.11. The van der Waals surface area contributed by atoms with Crippen LogP contribution in [0, 0.1) is 0 Å². The molecule has 0 N–H and O–H groups in total. The molecule has 0 atom stereocenters. The second-order valence-corrected chi connectivity index (χ2v) is 13.6. The molecule has 224 valence electrons. The van der Waals surface area contributed by atoms with Crippen molar-refractivity contribution in [3.8, 4) is 11.1 Å². The van der Waals surface area contributed by atoms with E-state index in [1.165, 1.54) is 80.1 Å². The zero-order valence-corrected chi connectivity index (χ0v) is 26.9. The Morgan fingerprint density at radius 2 is 1.00 bits per heavy atom. The zero-order chi connectivity index (χ0) is 31.6. The van der Waals surface area contributed by atoms with E-state index in [1.807, 2.05) is 11.3 Å². The van der Waals surface area contributed by atoms with Gasteiger partial charge in [-0.3, -0.25) is 0 Å². The SMILES string of the molecule is c1ccc(-c2cccc(N(c3ccc4sc5cc6ccccc6cc5c4c3)c3cc4ccccc4c4ccc5ccccc5c34)c2)cc1. The maximum absolute atomic E-state index is 2.48. The molecule has 1 nitrogen and oxygen atoms in total. The number of rotatable bonds is 4. The summed E-state index contributed by atoms with van der Waals surface area (Å²) in [7, 11) is 0. The van der Waals surface area contributed by atoms with E-state index < -0.39 is 0 Å².